The van der Waals surface area contributed by atoms with Gasteiger partial charge in [-0.3, -0.25) is 19.8 Å². The van der Waals surface area contributed by atoms with Gasteiger partial charge in [-0.25, -0.2) is 0 Å². The molecule has 10 heteroatoms. The Morgan fingerprint density at radius 2 is 1.77 bits per heavy atom. The van der Waals surface area contributed by atoms with Crippen molar-refractivity contribution in [2.24, 2.45) is 0 Å². The molecule has 1 heterocycles. The number of benzene rings is 2. The third-order valence-electron chi connectivity index (χ3n) is 4.27. The van der Waals surface area contributed by atoms with Gasteiger partial charge in [-0.05, 0) is 42.6 Å². The summed E-state index contributed by atoms with van der Waals surface area (Å²) in [5.41, 5.74) is -1.03. The van der Waals surface area contributed by atoms with Crippen molar-refractivity contribution in [1.29, 1.82) is 0 Å². The van der Waals surface area contributed by atoms with Gasteiger partial charge in [-0.2, -0.15) is 13.2 Å². The number of ether oxygens (including phenoxy) is 2. The first-order valence-corrected chi connectivity index (χ1v) is 8.88. The summed E-state index contributed by atoms with van der Waals surface area (Å²) in [7, 11) is 2.83. The molecule has 1 aliphatic rings. The van der Waals surface area contributed by atoms with Crippen molar-refractivity contribution in [3.8, 4) is 11.5 Å². The monoisotopic (exact) mass is 436 g/mol. The number of carbonyl (C=O) groups excluding carboxylic acids is 2. The van der Waals surface area contributed by atoms with E-state index in [1.54, 1.807) is 18.2 Å². The number of rotatable bonds is 4. The van der Waals surface area contributed by atoms with E-state index < -0.39 is 23.6 Å². The summed E-state index contributed by atoms with van der Waals surface area (Å²) in [5, 5.41) is 2.01. The summed E-state index contributed by atoms with van der Waals surface area (Å²) >= 11 is 5.03. The molecule has 3 rings (SSSR count). The minimum absolute atomic E-state index is 0.122. The van der Waals surface area contributed by atoms with E-state index in [0.29, 0.717) is 11.3 Å². The molecule has 0 atom stereocenters. The van der Waals surface area contributed by atoms with Gasteiger partial charge in [0, 0.05) is 5.56 Å². The van der Waals surface area contributed by atoms with Gasteiger partial charge in [0.2, 0.25) is 0 Å². The fourth-order valence-electron chi connectivity index (χ4n) is 2.89. The number of alkyl halides is 3. The highest BCUT2D eigenvalue weighted by Gasteiger charge is 2.36. The molecule has 156 valence electrons. The second-order valence-electron chi connectivity index (χ2n) is 6.09. The van der Waals surface area contributed by atoms with Crippen LogP contribution in [0.3, 0.4) is 0 Å². The molecule has 30 heavy (non-hydrogen) atoms. The van der Waals surface area contributed by atoms with Gasteiger partial charge in [-0.15, -0.1) is 0 Å². The summed E-state index contributed by atoms with van der Waals surface area (Å²) in [6.07, 6.45) is -3.34. The molecule has 1 saturated heterocycles. The number of halogens is 3. The van der Waals surface area contributed by atoms with Crippen molar-refractivity contribution in [2.45, 2.75) is 6.18 Å². The Kier molecular flexibility index (Phi) is 5.79. The van der Waals surface area contributed by atoms with E-state index >= 15 is 0 Å². The number of amides is 2. The van der Waals surface area contributed by atoms with Crippen LogP contribution in [0.1, 0.15) is 11.1 Å². The molecule has 6 nitrogen and oxygen atoms in total. The molecule has 0 bridgehead atoms. The van der Waals surface area contributed by atoms with E-state index in [-0.39, 0.29) is 22.1 Å². The number of hydrogen-bond donors (Lipinski definition) is 1. The summed E-state index contributed by atoms with van der Waals surface area (Å²) in [6.45, 7) is 0. The van der Waals surface area contributed by atoms with Crippen LogP contribution in [0.15, 0.2) is 48.0 Å². The van der Waals surface area contributed by atoms with E-state index in [9.17, 15) is 22.8 Å². The second kappa shape index (κ2) is 8.15. The molecule has 1 aliphatic heterocycles. The number of anilines is 1. The minimum atomic E-state index is -4.60. The molecular formula is C20H15F3N2O4S. The second-order valence-corrected chi connectivity index (χ2v) is 6.48. The highest BCUT2D eigenvalue weighted by Crippen LogP contribution is 2.34. The molecule has 0 aliphatic carbocycles. The molecule has 0 spiro atoms. The lowest BCUT2D eigenvalue weighted by Gasteiger charge is -2.29. The Hall–Kier alpha value is -3.40. The average molecular weight is 436 g/mol. The van der Waals surface area contributed by atoms with Gasteiger partial charge in [-0.1, -0.05) is 18.2 Å². The SMILES string of the molecule is COc1cccc(/C=C2\C(=O)NC(=S)N(c3cccc(C(F)(F)F)c3)C2=O)c1OC. The molecule has 2 aromatic rings. The number of nitrogens with zero attached hydrogens (tertiary/aromatic N) is 1. The zero-order valence-corrected chi connectivity index (χ0v) is 16.6. The van der Waals surface area contributed by atoms with Crippen molar-refractivity contribution in [3.63, 3.8) is 0 Å². The van der Waals surface area contributed by atoms with Crippen molar-refractivity contribution < 1.29 is 32.2 Å². The maximum Gasteiger partial charge on any atom is 0.416 e. The zero-order valence-electron chi connectivity index (χ0n) is 15.7. The normalized spacial score (nSPS) is 16.0. The van der Waals surface area contributed by atoms with Crippen molar-refractivity contribution in [1.82, 2.24) is 5.32 Å². The van der Waals surface area contributed by atoms with Crippen LogP contribution in [-0.2, 0) is 15.8 Å². The van der Waals surface area contributed by atoms with Gasteiger partial charge in [0.1, 0.15) is 5.57 Å². The summed E-state index contributed by atoms with van der Waals surface area (Å²) in [4.78, 5) is 26.3. The van der Waals surface area contributed by atoms with Crippen LogP contribution in [-0.4, -0.2) is 31.1 Å². The third-order valence-corrected chi connectivity index (χ3v) is 4.55. The lowest BCUT2D eigenvalue weighted by atomic mass is 10.1. The minimum Gasteiger partial charge on any atom is -0.493 e. The smallest absolute Gasteiger partial charge is 0.416 e. The van der Waals surface area contributed by atoms with Gasteiger partial charge >= 0.3 is 6.18 Å². The van der Waals surface area contributed by atoms with Crippen LogP contribution in [0, 0.1) is 0 Å². The van der Waals surface area contributed by atoms with E-state index in [1.165, 1.54) is 26.4 Å². The number of thiocarbonyl (C=S) groups is 1. The predicted octanol–water partition coefficient (Wildman–Crippen LogP) is 3.55. The molecule has 0 unspecified atom stereocenters. The first kappa shape index (κ1) is 21.3. The lowest BCUT2D eigenvalue weighted by molar-refractivity contribution is -0.137. The Labute approximate surface area is 174 Å². The fraction of sp³-hybridized carbons (Fsp3) is 0.150. The Morgan fingerprint density at radius 1 is 1.07 bits per heavy atom. The van der Waals surface area contributed by atoms with Crippen LogP contribution in [0.5, 0.6) is 11.5 Å². The molecule has 2 aromatic carbocycles. The van der Waals surface area contributed by atoms with E-state index in [4.69, 9.17) is 21.7 Å². The number of nitrogens with one attached hydrogen (secondary N) is 1. The third kappa shape index (κ3) is 3.99. The molecule has 1 fully saturated rings. The van der Waals surface area contributed by atoms with Crippen LogP contribution in [0.2, 0.25) is 0 Å². The maximum atomic E-state index is 13.1. The molecule has 2 amide bonds. The predicted molar refractivity (Wildman–Crippen MR) is 107 cm³/mol. The highest BCUT2D eigenvalue weighted by molar-refractivity contribution is 7.80. The van der Waals surface area contributed by atoms with E-state index in [1.807, 2.05) is 0 Å². The quantitative estimate of drug-likeness (QED) is 0.451. The van der Waals surface area contributed by atoms with Crippen LogP contribution >= 0.6 is 12.2 Å². The van der Waals surface area contributed by atoms with E-state index in [2.05, 4.69) is 5.32 Å². The topological polar surface area (TPSA) is 67.9 Å². The van der Waals surface area contributed by atoms with Crippen molar-refractivity contribution in [2.75, 3.05) is 19.1 Å². The molecule has 0 aromatic heterocycles. The average Bonchev–Trinajstić information content (AvgIpc) is 2.70. The highest BCUT2D eigenvalue weighted by atomic mass is 32.1. The van der Waals surface area contributed by atoms with Crippen molar-refractivity contribution in [3.05, 3.63) is 59.2 Å². The Bertz CT molecular complexity index is 1070. The molecule has 0 radical (unpaired) electrons. The zero-order chi connectivity index (χ0) is 22.1. The molecule has 1 N–H and O–H groups in total. The lowest BCUT2D eigenvalue weighted by Crippen LogP contribution is -2.54. The number of methoxy groups -OCH3 is 2. The first-order chi connectivity index (χ1) is 14.2. The van der Waals surface area contributed by atoms with Gasteiger partial charge < -0.3 is 9.47 Å². The standard InChI is InChI=1S/C20H15F3N2O4S/c1-28-15-8-3-5-11(16(15)29-2)9-14-17(26)24-19(30)25(18(14)27)13-7-4-6-12(10-13)20(21,22)23/h3-10H,1-2H3,(H,24,26,30)/b14-9+. The summed E-state index contributed by atoms with van der Waals surface area (Å²) in [6, 6.07) is 8.96. The van der Waals surface area contributed by atoms with Crippen LogP contribution < -0.4 is 19.7 Å². The summed E-state index contributed by atoms with van der Waals surface area (Å²) in [5.74, 6) is -0.987. The Balaban J connectivity index is 2.07. The molecule has 0 saturated carbocycles. The first-order valence-electron chi connectivity index (χ1n) is 8.47. The van der Waals surface area contributed by atoms with Crippen LogP contribution in [0.25, 0.3) is 6.08 Å². The number of para-hydroxylation sites is 1. The molecular weight excluding hydrogens is 421 g/mol. The number of carbonyl (C=O) groups is 2. The maximum absolute atomic E-state index is 13.1. The van der Waals surface area contributed by atoms with Crippen LogP contribution in [0.4, 0.5) is 18.9 Å². The fourth-order valence-corrected chi connectivity index (χ4v) is 3.18. The number of hydrogen-bond acceptors (Lipinski definition) is 5. The van der Waals surface area contributed by atoms with Gasteiger partial charge in [0.25, 0.3) is 11.8 Å². The Morgan fingerprint density at radius 3 is 2.40 bits per heavy atom. The van der Waals surface area contributed by atoms with Crippen molar-refractivity contribution >= 4 is 40.9 Å². The largest absolute Gasteiger partial charge is 0.493 e. The van der Waals surface area contributed by atoms with E-state index in [0.717, 1.165) is 23.1 Å². The van der Waals surface area contributed by atoms with Gasteiger partial charge in [0.15, 0.2) is 16.6 Å². The van der Waals surface area contributed by atoms with Gasteiger partial charge in [0.05, 0.1) is 25.5 Å². The summed E-state index contributed by atoms with van der Waals surface area (Å²) < 4.78 is 49.7.